The second-order valence-electron chi connectivity index (χ2n) is 5.90. The Hall–Kier alpha value is -1.73. The van der Waals surface area contributed by atoms with E-state index in [1.165, 1.54) is 0 Å². The quantitative estimate of drug-likeness (QED) is 0.524. The van der Waals surface area contributed by atoms with Crippen LogP contribution >= 0.6 is 0 Å². The molecular formula is C19H26O6. The van der Waals surface area contributed by atoms with Crippen LogP contribution in [0.25, 0.3) is 0 Å². The van der Waals surface area contributed by atoms with Crippen molar-refractivity contribution in [1.82, 2.24) is 0 Å². The Labute approximate surface area is 148 Å². The predicted molar refractivity (Wildman–Crippen MR) is 92.0 cm³/mol. The Morgan fingerprint density at radius 2 is 2.08 bits per heavy atom. The van der Waals surface area contributed by atoms with Crippen LogP contribution in [-0.4, -0.2) is 54.5 Å². The first kappa shape index (κ1) is 19.6. The zero-order valence-corrected chi connectivity index (χ0v) is 14.3. The minimum atomic E-state index is -1.14. The van der Waals surface area contributed by atoms with E-state index in [-0.39, 0.29) is 12.7 Å². The van der Waals surface area contributed by atoms with Gasteiger partial charge in [0.15, 0.2) is 6.29 Å². The smallest absolute Gasteiger partial charge is 0.338 e. The predicted octanol–water partition coefficient (Wildman–Crippen LogP) is 2.05. The van der Waals surface area contributed by atoms with Gasteiger partial charge < -0.3 is 24.4 Å². The van der Waals surface area contributed by atoms with Gasteiger partial charge in [-0.25, -0.2) is 4.79 Å². The van der Waals surface area contributed by atoms with Crippen molar-refractivity contribution in [3.8, 4) is 0 Å². The second-order valence-corrected chi connectivity index (χ2v) is 5.90. The van der Waals surface area contributed by atoms with Crippen molar-refractivity contribution in [2.75, 3.05) is 19.8 Å². The molecule has 2 rings (SSSR count). The van der Waals surface area contributed by atoms with E-state index < -0.39 is 24.8 Å². The lowest BCUT2D eigenvalue weighted by molar-refractivity contribution is -0.155. The van der Waals surface area contributed by atoms with Gasteiger partial charge >= 0.3 is 5.97 Å². The van der Waals surface area contributed by atoms with Crippen molar-refractivity contribution in [2.45, 2.75) is 44.2 Å². The summed E-state index contributed by atoms with van der Waals surface area (Å²) in [4.78, 5) is 12.1. The first-order valence-corrected chi connectivity index (χ1v) is 8.64. The van der Waals surface area contributed by atoms with Gasteiger partial charge in [-0.05, 0) is 31.4 Å². The summed E-state index contributed by atoms with van der Waals surface area (Å²) >= 11 is 0. The van der Waals surface area contributed by atoms with Crippen LogP contribution in [0.15, 0.2) is 42.5 Å². The van der Waals surface area contributed by atoms with Gasteiger partial charge in [-0.1, -0.05) is 30.4 Å². The fourth-order valence-electron chi connectivity index (χ4n) is 2.48. The molecule has 3 atom stereocenters. The lowest BCUT2D eigenvalue weighted by Gasteiger charge is -2.22. The Kier molecular flexibility index (Phi) is 8.62. The van der Waals surface area contributed by atoms with Crippen LogP contribution in [0.2, 0.25) is 0 Å². The summed E-state index contributed by atoms with van der Waals surface area (Å²) in [6.45, 7) is 0.640. The molecule has 0 aliphatic carbocycles. The highest BCUT2D eigenvalue weighted by molar-refractivity contribution is 5.89. The molecule has 0 radical (unpaired) electrons. The van der Waals surface area contributed by atoms with E-state index in [0.29, 0.717) is 12.2 Å². The van der Waals surface area contributed by atoms with Crippen LogP contribution in [0, 0.1) is 0 Å². The molecular weight excluding hydrogens is 324 g/mol. The average Bonchev–Trinajstić information content (AvgIpc) is 2.67. The highest BCUT2D eigenvalue weighted by Crippen LogP contribution is 2.14. The molecule has 0 amide bonds. The molecule has 138 valence electrons. The number of hydrogen-bond donors (Lipinski definition) is 2. The second kappa shape index (κ2) is 11.0. The van der Waals surface area contributed by atoms with Gasteiger partial charge in [-0.2, -0.15) is 0 Å². The van der Waals surface area contributed by atoms with E-state index in [1.807, 2.05) is 0 Å². The van der Waals surface area contributed by atoms with Crippen LogP contribution in [0.1, 0.15) is 36.0 Å². The lowest BCUT2D eigenvalue weighted by atomic mass is 10.1. The molecule has 1 saturated heterocycles. The highest BCUT2D eigenvalue weighted by Gasteiger charge is 2.22. The van der Waals surface area contributed by atoms with Crippen LogP contribution in [0.3, 0.4) is 0 Å². The number of carbonyl (C=O) groups excluding carboxylic acids is 1. The Balaban J connectivity index is 1.78. The normalized spacial score (nSPS) is 20.3. The van der Waals surface area contributed by atoms with Gasteiger partial charge in [0.05, 0.1) is 18.8 Å². The molecule has 6 nitrogen and oxygen atoms in total. The van der Waals surface area contributed by atoms with E-state index in [0.717, 1.165) is 25.9 Å². The molecule has 1 aliphatic heterocycles. The van der Waals surface area contributed by atoms with Crippen molar-refractivity contribution >= 4 is 5.97 Å². The molecule has 1 heterocycles. The maximum atomic E-state index is 12.1. The van der Waals surface area contributed by atoms with E-state index in [9.17, 15) is 9.90 Å². The van der Waals surface area contributed by atoms with Crippen molar-refractivity contribution in [2.24, 2.45) is 0 Å². The van der Waals surface area contributed by atoms with Crippen molar-refractivity contribution < 1.29 is 29.2 Å². The van der Waals surface area contributed by atoms with Crippen LogP contribution in [-0.2, 0) is 14.2 Å². The van der Waals surface area contributed by atoms with Crippen molar-refractivity contribution in [1.29, 1.82) is 0 Å². The molecule has 0 saturated carbocycles. The first-order chi connectivity index (χ1) is 12.2. The summed E-state index contributed by atoms with van der Waals surface area (Å²) < 4.78 is 16.4. The molecule has 1 aromatic carbocycles. The van der Waals surface area contributed by atoms with E-state index in [4.69, 9.17) is 19.3 Å². The third kappa shape index (κ3) is 6.96. The molecule has 1 aliphatic rings. The Bertz CT molecular complexity index is 524. The Morgan fingerprint density at radius 3 is 2.76 bits per heavy atom. The van der Waals surface area contributed by atoms with Crippen LogP contribution < -0.4 is 0 Å². The summed E-state index contributed by atoms with van der Waals surface area (Å²) in [5.41, 5.74) is 0.402. The third-order valence-corrected chi connectivity index (χ3v) is 3.94. The minimum Gasteiger partial charge on any atom is -0.456 e. The number of benzene rings is 1. The number of ether oxygens (including phenoxy) is 3. The van der Waals surface area contributed by atoms with Gasteiger partial charge in [0, 0.05) is 13.0 Å². The van der Waals surface area contributed by atoms with Crippen molar-refractivity contribution in [3.05, 3.63) is 48.0 Å². The summed E-state index contributed by atoms with van der Waals surface area (Å²) in [5.74, 6) is -0.529. The van der Waals surface area contributed by atoms with Gasteiger partial charge in [0.25, 0.3) is 0 Å². The molecule has 2 N–H and O–H groups in total. The molecule has 1 fully saturated rings. The number of aliphatic hydroxyl groups excluding tert-OH is 2. The third-order valence-electron chi connectivity index (χ3n) is 3.94. The number of carbonyl (C=O) groups is 1. The van der Waals surface area contributed by atoms with E-state index >= 15 is 0 Å². The summed E-state index contributed by atoms with van der Waals surface area (Å²) in [6, 6.07) is 8.55. The van der Waals surface area contributed by atoms with Gasteiger partial charge in [0.2, 0.25) is 0 Å². The molecule has 0 aromatic heterocycles. The monoisotopic (exact) mass is 350 g/mol. The zero-order valence-electron chi connectivity index (χ0n) is 14.3. The van der Waals surface area contributed by atoms with Crippen LogP contribution in [0.5, 0.6) is 0 Å². The first-order valence-electron chi connectivity index (χ1n) is 8.64. The van der Waals surface area contributed by atoms with Crippen LogP contribution in [0.4, 0.5) is 0 Å². The highest BCUT2D eigenvalue weighted by atomic mass is 16.7. The fourth-order valence-corrected chi connectivity index (χ4v) is 2.48. The molecule has 0 spiro atoms. The molecule has 0 bridgehead atoms. The number of aliphatic hydroxyl groups is 2. The summed E-state index contributed by atoms with van der Waals surface area (Å²) in [5, 5.41) is 19.0. The summed E-state index contributed by atoms with van der Waals surface area (Å²) in [7, 11) is 0. The van der Waals surface area contributed by atoms with Gasteiger partial charge in [-0.15, -0.1) is 0 Å². The molecule has 6 heteroatoms. The summed E-state index contributed by atoms with van der Waals surface area (Å²) in [6.07, 6.45) is 4.81. The minimum absolute atomic E-state index is 0.159. The lowest BCUT2D eigenvalue weighted by Crippen LogP contribution is -2.33. The van der Waals surface area contributed by atoms with Gasteiger partial charge in [-0.3, -0.25) is 0 Å². The molecule has 1 aromatic rings. The fraction of sp³-hybridized carbons (Fsp3) is 0.526. The SMILES string of the molecule is O=C(O[C@H](C/C=C/COC1CCCCO1)[C@@H](O)CO)c1ccccc1. The molecule has 25 heavy (non-hydrogen) atoms. The number of esters is 1. The topological polar surface area (TPSA) is 85.2 Å². The maximum Gasteiger partial charge on any atom is 0.338 e. The zero-order chi connectivity index (χ0) is 17.9. The largest absolute Gasteiger partial charge is 0.456 e. The molecule has 1 unspecified atom stereocenters. The van der Waals surface area contributed by atoms with E-state index in [2.05, 4.69) is 0 Å². The number of hydrogen-bond acceptors (Lipinski definition) is 6. The standard InChI is InChI=1S/C19H26O6/c20-14-16(21)17(25-19(22)15-8-2-1-3-9-15)10-4-6-12-23-18-11-5-7-13-24-18/h1-4,6,8-9,16-18,20-21H,5,7,10-14H2/b6-4+/t16-,17+,18?/m0/s1. The number of rotatable bonds is 9. The van der Waals surface area contributed by atoms with Gasteiger partial charge in [0.1, 0.15) is 12.2 Å². The average molecular weight is 350 g/mol. The van der Waals surface area contributed by atoms with Crippen molar-refractivity contribution in [3.63, 3.8) is 0 Å². The maximum absolute atomic E-state index is 12.1. The Morgan fingerprint density at radius 1 is 1.28 bits per heavy atom. The van der Waals surface area contributed by atoms with E-state index in [1.54, 1.807) is 42.5 Å².